The van der Waals surface area contributed by atoms with Gasteiger partial charge in [0.1, 0.15) is 11.5 Å². The van der Waals surface area contributed by atoms with E-state index in [1.54, 1.807) is 64.1 Å². The Morgan fingerprint density at radius 3 is 2.35 bits per heavy atom. The first-order chi connectivity index (χ1) is 16.1. The number of Topliss-reactive ketones (excluding diaryl/α,β-unsaturated/α-hetero) is 1. The molecule has 1 amide bonds. The summed E-state index contributed by atoms with van der Waals surface area (Å²) in [5.74, 6) is -1.73. The van der Waals surface area contributed by atoms with Gasteiger partial charge in [0.05, 0.1) is 23.2 Å². The van der Waals surface area contributed by atoms with Crippen LogP contribution in [-0.4, -0.2) is 40.2 Å². The Labute approximate surface area is 202 Å². The molecule has 0 spiro atoms. The summed E-state index contributed by atoms with van der Waals surface area (Å²) < 4.78 is 18.5. The molecule has 0 radical (unpaired) electrons. The summed E-state index contributed by atoms with van der Waals surface area (Å²) in [6.45, 7) is 6.94. The van der Waals surface area contributed by atoms with Gasteiger partial charge in [0.2, 0.25) is 0 Å². The molecule has 0 fully saturated rings. The molecule has 6 nitrogen and oxygen atoms in total. The zero-order valence-electron chi connectivity index (χ0n) is 19.4. The van der Waals surface area contributed by atoms with Crippen molar-refractivity contribution in [2.45, 2.75) is 40.3 Å². The first-order valence-electron chi connectivity index (χ1n) is 10.9. The van der Waals surface area contributed by atoms with Gasteiger partial charge in [0, 0.05) is 17.8 Å². The van der Waals surface area contributed by atoms with Crippen molar-refractivity contribution in [2.24, 2.45) is 0 Å². The molecule has 1 atom stereocenters. The van der Waals surface area contributed by atoms with Gasteiger partial charge in [0.25, 0.3) is 5.91 Å². The highest BCUT2D eigenvalue weighted by molar-refractivity contribution is 6.33. The molecule has 3 rings (SSSR count). The fourth-order valence-electron chi connectivity index (χ4n) is 3.84. The summed E-state index contributed by atoms with van der Waals surface area (Å²) in [4.78, 5) is 43.8. The van der Waals surface area contributed by atoms with Crippen LogP contribution in [0, 0.1) is 19.7 Å². The Kier molecular flexibility index (Phi) is 7.89. The highest BCUT2D eigenvalue weighted by atomic mass is 35.5. The summed E-state index contributed by atoms with van der Waals surface area (Å²) >= 11 is 6.27. The van der Waals surface area contributed by atoms with Crippen molar-refractivity contribution < 1.29 is 23.5 Å². The summed E-state index contributed by atoms with van der Waals surface area (Å²) in [5.41, 5.74) is 2.39. The molecule has 3 aromatic rings. The molecule has 0 saturated heterocycles. The van der Waals surface area contributed by atoms with Gasteiger partial charge >= 0.3 is 5.97 Å². The fraction of sp³-hybridized carbons (Fsp3) is 0.269. The molecule has 0 unspecified atom stereocenters. The van der Waals surface area contributed by atoms with Gasteiger partial charge in [-0.15, -0.1) is 0 Å². The molecule has 0 aliphatic carbocycles. The SMILES string of the molecule is CCOC(=O)c1[nH]c(C)c(C(=O)[C@H](C)N(Cc2ccc(F)cc2)C(=O)c2ccccc2Cl)c1C. The Hall–Kier alpha value is -3.45. The largest absolute Gasteiger partial charge is 0.461 e. The van der Waals surface area contributed by atoms with E-state index in [4.69, 9.17) is 16.3 Å². The van der Waals surface area contributed by atoms with Crippen molar-refractivity contribution in [1.29, 1.82) is 0 Å². The van der Waals surface area contributed by atoms with Gasteiger partial charge in [0.15, 0.2) is 5.78 Å². The second kappa shape index (κ2) is 10.7. The van der Waals surface area contributed by atoms with E-state index in [1.807, 2.05) is 0 Å². The van der Waals surface area contributed by atoms with Crippen molar-refractivity contribution in [2.75, 3.05) is 6.61 Å². The number of hydrogen-bond acceptors (Lipinski definition) is 4. The van der Waals surface area contributed by atoms with Crippen LogP contribution in [0.3, 0.4) is 0 Å². The number of aromatic amines is 1. The van der Waals surface area contributed by atoms with E-state index in [0.717, 1.165) is 0 Å². The lowest BCUT2D eigenvalue weighted by atomic mass is 9.98. The van der Waals surface area contributed by atoms with Crippen molar-refractivity contribution in [3.63, 3.8) is 0 Å². The Bertz CT molecular complexity index is 1220. The quantitative estimate of drug-likeness (QED) is 0.337. The van der Waals surface area contributed by atoms with Gasteiger partial charge < -0.3 is 14.6 Å². The smallest absolute Gasteiger partial charge is 0.355 e. The molecule has 0 aliphatic rings. The topological polar surface area (TPSA) is 79.5 Å². The number of halogens is 2. The second-order valence-electron chi connectivity index (χ2n) is 7.93. The van der Waals surface area contributed by atoms with Crippen LogP contribution < -0.4 is 0 Å². The first kappa shape index (κ1) is 25.2. The molecule has 34 heavy (non-hydrogen) atoms. The van der Waals surface area contributed by atoms with E-state index in [9.17, 15) is 18.8 Å². The molecule has 2 aromatic carbocycles. The molecule has 178 valence electrons. The summed E-state index contributed by atoms with van der Waals surface area (Å²) in [6.07, 6.45) is 0. The number of aromatic nitrogens is 1. The van der Waals surface area contributed by atoms with Crippen LogP contribution in [0.25, 0.3) is 0 Å². The second-order valence-corrected chi connectivity index (χ2v) is 8.33. The standard InChI is InChI=1S/C26H26ClFN2O4/c1-5-34-26(33)23-15(2)22(16(3)29-23)24(31)17(4)30(14-18-10-12-19(28)13-11-18)25(32)20-8-6-7-9-21(20)27/h6-13,17,29H,5,14H2,1-4H3/t17-/m0/s1. The van der Waals surface area contributed by atoms with Crippen molar-refractivity contribution in [3.8, 4) is 0 Å². The zero-order chi connectivity index (χ0) is 25.0. The minimum Gasteiger partial charge on any atom is -0.461 e. The lowest BCUT2D eigenvalue weighted by Crippen LogP contribution is -2.43. The number of hydrogen-bond donors (Lipinski definition) is 1. The van der Waals surface area contributed by atoms with E-state index in [1.165, 1.54) is 17.0 Å². The van der Waals surface area contributed by atoms with Gasteiger partial charge in [-0.1, -0.05) is 35.9 Å². The highest BCUT2D eigenvalue weighted by Gasteiger charge is 2.32. The van der Waals surface area contributed by atoms with E-state index < -0.39 is 23.7 Å². The summed E-state index contributed by atoms with van der Waals surface area (Å²) in [7, 11) is 0. The predicted molar refractivity (Wildman–Crippen MR) is 128 cm³/mol. The third kappa shape index (κ3) is 5.20. The van der Waals surface area contributed by atoms with Crippen molar-refractivity contribution in [1.82, 2.24) is 9.88 Å². The van der Waals surface area contributed by atoms with Crippen LogP contribution in [0.1, 0.15) is 61.9 Å². The molecule has 8 heteroatoms. The fourth-order valence-corrected chi connectivity index (χ4v) is 4.05. The molecular weight excluding hydrogens is 459 g/mol. The maximum atomic E-state index is 13.6. The number of benzene rings is 2. The predicted octanol–water partition coefficient (Wildman–Crippen LogP) is 5.51. The maximum absolute atomic E-state index is 13.6. The Morgan fingerprint density at radius 1 is 1.09 bits per heavy atom. The normalized spacial score (nSPS) is 11.7. The number of rotatable bonds is 8. The molecule has 1 aromatic heterocycles. The van der Waals surface area contributed by atoms with Gasteiger partial charge in [-0.2, -0.15) is 0 Å². The average molecular weight is 485 g/mol. The third-order valence-electron chi connectivity index (χ3n) is 5.64. The number of esters is 1. The number of H-pyrrole nitrogens is 1. The number of amides is 1. The Balaban J connectivity index is 2.01. The number of carbonyl (C=O) groups excluding carboxylic acids is 3. The van der Waals surface area contributed by atoms with E-state index in [-0.39, 0.29) is 35.2 Å². The van der Waals surface area contributed by atoms with E-state index in [0.29, 0.717) is 22.4 Å². The number of nitrogens with one attached hydrogen (secondary N) is 1. The summed E-state index contributed by atoms with van der Waals surface area (Å²) in [5, 5.41) is 0.259. The van der Waals surface area contributed by atoms with Crippen LogP contribution in [0.5, 0.6) is 0 Å². The van der Waals surface area contributed by atoms with Crippen molar-refractivity contribution >= 4 is 29.3 Å². The minimum absolute atomic E-state index is 0.0600. The zero-order valence-corrected chi connectivity index (χ0v) is 20.2. The van der Waals surface area contributed by atoms with E-state index >= 15 is 0 Å². The van der Waals surface area contributed by atoms with Gasteiger partial charge in [-0.05, 0) is 63.1 Å². The third-order valence-corrected chi connectivity index (χ3v) is 5.97. The molecule has 0 bridgehead atoms. The van der Waals surface area contributed by atoms with Crippen molar-refractivity contribution in [3.05, 3.63) is 93.0 Å². The van der Waals surface area contributed by atoms with Crippen LogP contribution in [0.4, 0.5) is 4.39 Å². The van der Waals surface area contributed by atoms with Gasteiger partial charge in [-0.3, -0.25) is 9.59 Å². The van der Waals surface area contributed by atoms with Gasteiger partial charge in [-0.25, -0.2) is 9.18 Å². The minimum atomic E-state index is -0.905. The van der Waals surface area contributed by atoms with Crippen LogP contribution >= 0.6 is 11.6 Å². The summed E-state index contributed by atoms with van der Waals surface area (Å²) in [6, 6.07) is 11.4. The molecular formula is C26H26ClFN2O4. The lowest BCUT2D eigenvalue weighted by molar-refractivity contribution is 0.0518. The first-order valence-corrected chi connectivity index (χ1v) is 11.2. The van der Waals surface area contributed by atoms with Crippen LogP contribution in [0.15, 0.2) is 48.5 Å². The number of ether oxygens (including phenoxy) is 1. The number of carbonyl (C=O) groups is 3. The molecule has 0 saturated carbocycles. The monoisotopic (exact) mass is 484 g/mol. The van der Waals surface area contributed by atoms with Crippen LogP contribution in [-0.2, 0) is 11.3 Å². The Morgan fingerprint density at radius 2 is 1.74 bits per heavy atom. The average Bonchev–Trinajstić information content (AvgIpc) is 3.11. The number of aryl methyl sites for hydroxylation is 1. The number of ketones is 1. The maximum Gasteiger partial charge on any atom is 0.355 e. The number of nitrogens with zero attached hydrogens (tertiary/aromatic N) is 1. The molecule has 1 N–H and O–H groups in total. The highest BCUT2D eigenvalue weighted by Crippen LogP contribution is 2.25. The molecule has 1 heterocycles. The van der Waals surface area contributed by atoms with Crippen LogP contribution in [0.2, 0.25) is 5.02 Å². The lowest BCUT2D eigenvalue weighted by Gasteiger charge is -2.29. The molecule has 0 aliphatic heterocycles. The van der Waals surface area contributed by atoms with E-state index in [2.05, 4.69) is 4.98 Å².